The van der Waals surface area contributed by atoms with Crippen molar-refractivity contribution in [3.63, 3.8) is 0 Å². The number of amides is 1. The fraction of sp³-hybridized carbons (Fsp3) is 0.417. The van der Waals surface area contributed by atoms with Gasteiger partial charge in [0, 0.05) is 18.7 Å². The van der Waals surface area contributed by atoms with Gasteiger partial charge in [-0.05, 0) is 87.2 Å². The van der Waals surface area contributed by atoms with Gasteiger partial charge in [0.1, 0.15) is 0 Å². The van der Waals surface area contributed by atoms with E-state index in [0.717, 1.165) is 46.7 Å². The number of carbonyl (C=O) groups is 1. The summed E-state index contributed by atoms with van der Waals surface area (Å²) in [6.45, 7) is 3.59. The number of thiazole rings is 1. The number of rotatable bonds is 6. The molecule has 0 fully saturated rings. The van der Waals surface area contributed by atoms with Gasteiger partial charge in [0.25, 0.3) is 5.91 Å². The topological polar surface area (TPSA) is 36.4 Å². The minimum Gasteiger partial charge on any atom is -0.308 e. The van der Waals surface area contributed by atoms with Crippen LogP contribution in [0, 0.1) is 0 Å². The predicted molar refractivity (Wildman–Crippen MR) is 130 cm³/mol. The summed E-state index contributed by atoms with van der Waals surface area (Å²) >= 11 is 1.61. The highest BCUT2D eigenvalue weighted by Crippen LogP contribution is 2.31. The summed E-state index contributed by atoms with van der Waals surface area (Å²) in [5.74, 6) is 0.0509. The molecule has 3 aromatic rings. The lowest BCUT2D eigenvalue weighted by Crippen LogP contribution is -2.36. The molecule has 0 bridgehead atoms. The highest BCUT2D eigenvalue weighted by Gasteiger charge is 2.23. The first kappa shape index (κ1) is 22.7. The maximum Gasteiger partial charge on any atom is 0.260 e. The molecule has 6 heteroatoms. The second kappa shape index (κ2) is 9.90. The second-order valence-electron chi connectivity index (χ2n) is 8.10. The summed E-state index contributed by atoms with van der Waals surface area (Å²) < 4.78 is 1.15. The molecule has 0 radical (unpaired) electrons. The average molecular weight is 444 g/mol. The first-order valence-corrected chi connectivity index (χ1v) is 11.3. The summed E-state index contributed by atoms with van der Waals surface area (Å²) in [6.07, 6.45) is 5.68. The standard InChI is InChI=1S/C24H29N3OS.ClH/c1-4-17-9-12-21-22(15-17)29-24(25-21)27(14-13-26(2)3)23(28)20-11-10-18-7-5-6-8-19(18)16-20;/h9-12,15-16H,4-8,13-14H2,1-3H3;1H. The van der Waals surface area contributed by atoms with Crippen LogP contribution in [0.2, 0.25) is 0 Å². The Morgan fingerprint density at radius 3 is 2.53 bits per heavy atom. The zero-order valence-electron chi connectivity index (χ0n) is 18.0. The van der Waals surface area contributed by atoms with E-state index in [9.17, 15) is 4.79 Å². The number of anilines is 1. The number of likely N-dealkylation sites (N-methyl/N-ethyl adjacent to an activating group) is 1. The molecule has 0 unspecified atom stereocenters. The van der Waals surface area contributed by atoms with E-state index in [0.29, 0.717) is 6.54 Å². The molecule has 4 nitrogen and oxygen atoms in total. The van der Waals surface area contributed by atoms with Gasteiger partial charge in [0.05, 0.1) is 10.2 Å². The lowest BCUT2D eigenvalue weighted by molar-refractivity contribution is 0.0985. The highest BCUT2D eigenvalue weighted by molar-refractivity contribution is 7.22. The van der Waals surface area contributed by atoms with Crippen molar-refractivity contribution in [3.8, 4) is 0 Å². The number of hydrogen-bond donors (Lipinski definition) is 0. The number of hydrogen-bond acceptors (Lipinski definition) is 4. The van der Waals surface area contributed by atoms with Crippen LogP contribution in [0.1, 0.15) is 46.8 Å². The van der Waals surface area contributed by atoms with Crippen LogP contribution in [0.4, 0.5) is 5.13 Å². The average Bonchev–Trinajstić information content (AvgIpc) is 3.15. The molecule has 0 aliphatic heterocycles. The third kappa shape index (κ3) is 4.85. The Bertz CT molecular complexity index is 1030. The van der Waals surface area contributed by atoms with Gasteiger partial charge in [-0.25, -0.2) is 4.98 Å². The van der Waals surface area contributed by atoms with Crippen LogP contribution in [0.25, 0.3) is 10.2 Å². The highest BCUT2D eigenvalue weighted by atomic mass is 35.5. The number of fused-ring (bicyclic) bond motifs is 2. The van der Waals surface area contributed by atoms with Gasteiger partial charge >= 0.3 is 0 Å². The van der Waals surface area contributed by atoms with E-state index in [1.165, 1.54) is 29.5 Å². The van der Waals surface area contributed by atoms with Crippen molar-refractivity contribution in [2.45, 2.75) is 39.0 Å². The van der Waals surface area contributed by atoms with E-state index in [2.05, 4.69) is 42.2 Å². The molecule has 160 valence electrons. The molecular weight excluding hydrogens is 414 g/mol. The van der Waals surface area contributed by atoms with E-state index in [-0.39, 0.29) is 18.3 Å². The lowest BCUT2D eigenvalue weighted by Gasteiger charge is -2.23. The molecule has 1 heterocycles. The molecule has 4 rings (SSSR count). The normalized spacial score (nSPS) is 13.2. The Kier molecular flexibility index (Phi) is 7.50. The Hall–Kier alpha value is -1.95. The van der Waals surface area contributed by atoms with Gasteiger partial charge in [-0.15, -0.1) is 12.4 Å². The molecule has 0 N–H and O–H groups in total. The van der Waals surface area contributed by atoms with Crippen molar-refractivity contribution in [1.29, 1.82) is 0 Å². The number of aryl methyl sites for hydroxylation is 3. The Labute approximate surface area is 189 Å². The second-order valence-corrected chi connectivity index (χ2v) is 9.11. The van der Waals surface area contributed by atoms with Crippen molar-refractivity contribution in [2.24, 2.45) is 0 Å². The maximum atomic E-state index is 13.5. The van der Waals surface area contributed by atoms with Gasteiger partial charge in [0.2, 0.25) is 0 Å². The van der Waals surface area contributed by atoms with Crippen molar-refractivity contribution >= 4 is 45.0 Å². The maximum absolute atomic E-state index is 13.5. The number of aromatic nitrogens is 1. The van der Waals surface area contributed by atoms with Crippen LogP contribution < -0.4 is 4.90 Å². The van der Waals surface area contributed by atoms with Crippen molar-refractivity contribution in [2.75, 3.05) is 32.1 Å². The van der Waals surface area contributed by atoms with Gasteiger partial charge in [0.15, 0.2) is 5.13 Å². The fourth-order valence-corrected chi connectivity index (χ4v) is 4.95. The van der Waals surface area contributed by atoms with Crippen LogP contribution in [0.15, 0.2) is 36.4 Å². The Balaban J connectivity index is 0.00000256. The first-order chi connectivity index (χ1) is 14.0. The number of halogens is 1. The van der Waals surface area contributed by atoms with Gasteiger partial charge < -0.3 is 4.90 Å². The Morgan fingerprint density at radius 1 is 1.03 bits per heavy atom. The smallest absolute Gasteiger partial charge is 0.260 e. The van der Waals surface area contributed by atoms with Crippen LogP contribution in [-0.4, -0.2) is 43.0 Å². The number of nitrogens with zero attached hydrogens (tertiary/aromatic N) is 3. The summed E-state index contributed by atoms with van der Waals surface area (Å²) in [5, 5.41) is 0.790. The third-order valence-corrected chi connectivity index (χ3v) is 6.73. The fourth-order valence-electron chi connectivity index (χ4n) is 3.90. The van der Waals surface area contributed by atoms with Gasteiger partial charge in [-0.1, -0.05) is 30.4 Å². The van der Waals surface area contributed by atoms with Crippen LogP contribution in [0.3, 0.4) is 0 Å². The van der Waals surface area contributed by atoms with Crippen LogP contribution in [0.5, 0.6) is 0 Å². The summed E-state index contributed by atoms with van der Waals surface area (Å²) in [6, 6.07) is 12.7. The molecule has 1 amide bonds. The molecule has 0 spiro atoms. The zero-order chi connectivity index (χ0) is 20.4. The molecule has 1 aromatic heterocycles. The van der Waals surface area contributed by atoms with Crippen LogP contribution >= 0.6 is 23.7 Å². The predicted octanol–water partition coefficient (Wildman–Crippen LogP) is 5.37. The molecule has 1 aliphatic carbocycles. The van der Waals surface area contributed by atoms with Crippen LogP contribution in [-0.2, 0) is 19.3 Å². The molecular formula is C24H30ClN3OS. The van der Waals surface area contributed by atoms with Gasteiger partial charge in [-0.2, -0.15) is 0 Å². The number of carbonyl (C=O) groups excluding carboxylic acids is 1. The zero-order valence-corrected chi connectivity index (χ0v) is 19.6. The van der Waals surface area contributed by atoms with E-state index in [4.69, 9.17) is 4.98 Å². The molecule has 2 aromatic carbocycles. The summed E-state index contributed by atoms with van der Waals surface area (Å²) in [4.78, 5) is 22.3. The molecule has 30 heavy (non-hydrogen) atoms. The minimum atomic E-state index is 0. The Morgan fingerprint density at radius 2 is 1.80 bits per heavy atom. The number of benzene rings is 2. The van der Waals surface area contributed by atoms with Gasteiger partial charge in [-0.3, -0.25) is 9.69 Å². The largest absolute Gasteiger partial charge is 0.308 e. The first-order valence-electron chi connectivity index (χ1n) is 10.5. The summed E-state index contributed by atoms with van der Waals surface area (Å²) in [5.41, 5.74) is 5.79. The third-order valence-electron chi connectivity index (χ3n) is 5.69. The monoisotopic (exact) mass is 443 g/mol. The van der Waals surface area contributed by atoms with E-state index in [1.54, 1.807) is 11.3 Å². The van der Waals surface area contributed by atoms with Crippen molar-refractivity contribution in [3.05, 3.63) is 58.7 Å². The van der Waals surface area contributed by atoms with E-state index in [1.807, 2.05) is 25.1 Å². The van der Waals surface area contributed by atoms with E-state index < -0.39 is 0 Å². The lowest BCUT2D eigenvalue weighted by atomic mass is 9.90. The molecule has 0 saturated carbocycles. The summed E-state index contributed by atoms with van der Waals surface area (Å²) in [7, 11) is 4.07. The van der Waals surface area contributed by atoms with Crippen molar-refractivity contribution < 1.29 is 4.79 Å². The quantitative estimate of drug-likeness (QED) is 0.514. The molecule has 0 saturated heterocycles. The SMILES string of the molecule is CCc1ccc2nc(N(CCN(C)C)C(=O)c3ccc4c(c3)CCCC4)sc2c1.Cl. The van der Waals surface area contributed by atoms with Crippen molar-refractivity contribution in [1.82, 2.24) is 9.88 Å². The van der Waals surface area contributed by atoms with E-state index >= 15 is 0 Å². The molecule has 0 atom stereocenters. The minimum absolute atomic E-state index is 0. The molecule has 1 aliphatic rings.